The highest BCUT2D eigenvalue weighted by Gasteiger charge is 2.15. The van der Waals surface area contributed by atoms with E-state index in [1.807, 2.05) is 6.92 Å². The number of hydrogen-bond donors (Lipinski definition) is 1. The molecule has 2 rings (SSSR count). The van der Waals surface area contributed by atoms with Crippen LogP contribution in [0.2, 0.25) is 0 Å². The van der Waals surface area contributed by atoms with Crippen molar-refractivity contribution >= 4 is 0 Å². The summed E-state index contributed by atoms with van der Waals surface area (Å²) in [6.45, 7) is 2.97. The van der Waals surface area contributed by atoms with Gasteiger partial charge in [-0.2, -0.15) is 0 Å². The van der Waals surface area contributed by atoms with Crippen LogP contribution >= 0.6 is 0 Å². The molecule has 2 N–H and O–H groups in total. The monoisotopic (exact) mass is 239 g/mol. The Morgan fingerprint density at radius 2 is 1.94 bits per heavy atom. The van der Waals surface area contributed by atoms with Crippen LogP contribution in [0.25, 0.3) is 0 Å². The van der Waals surface area contributed by atoms with Gasteiger partial charge < -0.3 is 15.2 Å². The quantitative estimate of drug-likeness (QED) is 0.876. The van der Waals surface area contributed by atoms with E-state index in [2.05, 4.69) is 0 Å². The standard InChI is InChI=1S/C13H18FNO2/c1-9(15)3-2-4-10-7-12-13(8-11(10)14)17-6-5-16-12/h7-9H,2-6,15H2,1H3. The number of aryl methyl sites for hydroxylation is 1. The summed E-state index contributed by atoms with van der Waals surface area (Å²) in [5, 5.41) is 0. The highest BCUT2D eigenvalue weighted by atomic mass is 19.1. The molecule has 1 aromatic rings. The Morgan fingerprint density at radius 3 is 2.59 bits per heavy atom. The van der Waals surface area contributed by atoms with Crippen molar-refractivity contribution in [3.63, 3.8) is 0 Å². The molecule has 3 nitrogen and oxygen atoms in total. The molecule has 1 heterocycles. The third kappa shape index (κ3) is 3.09. The van der Waals surface area contributed by atoms with Gasteiger partial charge in [-0.25, -0.2) is 4.39 Å². The molecule has 17 heavy (non-hydrogen) atoms. The van der Waals surface area contributed by atoms with Gasteiger partial charge in [-0.3, -0.25) is 0 Å². The molecule has 0 fully saturated rings. The molecule has 1 aliphatic rings. The number of ether oxygens (including phenoxy) is 2. The topological polar surface area (TPSA) is 44.5 Å². The first-order chi connectivity index (χ1) is 8.16. The fourth-order valence-electron chi connectivity index (χ4n) is 1.91. The number of hydrogen-bond acceptors (Lipinski definition) is 3. The summed E-state index contributed by atoms with van der Waals surface area (Å²) in [5.74, 6) is 0.928. The van der Waals surface area contributed by atoms with Gasteiger partial charge in [0.15, 0.2) is 11.5 Å². The predicted octanol–water partition coefficient (Wildman–Crippen LogP) is 2.27. The van der Waals surface area contributed by atoms with Gasteiger partial charge in [-0.15, -0.1) is 0 Å². The first kappa shape index (κ1) is 12.2. The third-order valence-corrected chi connectivity index (χ3v) is 2.82. The smallest absolute Gasteiger partial charge is 0.164 e. The predicted molar refractivity (Wildman–Crippen MR) is 64.0 cm³/mol. The zero-order valence-electron chi connectivity index (χ0n) is 10.0. The lowest BCUT2D eigenvalue weighted by molar-refractivity contribution is 0.170. The lowest BCUT2D eigenvalue weighted by Gasteiger charge is -2.19. The van der Waals surface area contributed by atoms with Gasteiger partial charge in [-0.1, -0.05) is 0 Å². The Bertz CT molecular complexity index is 393. The van der Waals surface area contributed by atoms with E-state index in [1.165, 1.54) is 6.07 Å². The van der Waals surface area contributed by atoms with Crippen LogP contribution < -0.4 is 15.2 Å². The molecule has 0 saturated carbocycles. The maximum absolute atomic E-state index is 13.7. The minimum absolute atomic E-state index is 0.162. The molecule has 0 saturated heterocycles. The van der Waals surface area contributed by atoms with Crippen LogP contribution in [0.3, 0.4) is 0 Å². The SMILES string of the molecule is CC(N)CCCc1cc2c(cc1F)OCCO2. The summed E-state index contributed by atoms with van der Waals surface area (Å²) in [5.41, 5.74) is 6.34. The Balaban J connectivity index is 2.06. The summed E-state index contributed by atoms with van der Waals surface area (Å²) >= 11 is 0. The van der Waals surface area contributed by atoms with E-state index in [9.17, 15) is 4.39 Å². The Kier molecular flexibility index (Phi) is 3.84. The van der Waals surface area contributed by atoms with Crippen LogP contribution in [0.5, 0.6) is 11.5 Å². The average Bonchev–Trinajstić information content (AvgIpc) is 2.29. The lowest BCUT2D eigenvalue weighted by atomic mass is 10.0. The first-order valence-electron chi connectivity index (χ1n) is 6.00. The summed E-state index contributed by atoms with van der Waals surface area (Å²) in [6.07, 6.45) is 2.46. The van der Waals surface area contributed by atoms with E-state index in [1.54, 1.807) is 6.07 Å². The summed E-state index contributed by atoms with van der Waals surface area (Å²) in [4.78, 5) is 0. The van der Waals surface area contributed by atoms with Gasteiger partial charge in [-0.05, 0) is 37.8 Å². The molecule has 1 unspecified atom stereocenters. The molecule has 4 heteroatoms. The molecular weight excluding hydrogens is 221 g/mol. The summed E-state index contributed by atoms with van der Waals surface area (Å²) in [6, 6.07) is 3.32. The van der Waals surface area contributed by atoms with Gasteiger partial charge in [0.1, 0.15) is 19.0 Å². The van der Waals surface area contributed by atoms with E-state index >= 15 is 0 Å². The van der Waals surface area contributed by atoms with E-state index in [0.717, 1.165) is 12.8 Å². The Hall–Kier alpha value is -1.29. The van der Waals surface area contributed by atoms with Gasteiger partial charge >= 0.3 is 0 Å². The van der Waals surface area contributed by atoms with Crippen molar-refractivity contribution in [1.82, 2.24) is 0 Å². The van der Waals surface area contributed by atoms with Crippen molar-refractivity contribution in [2.45, 2.75) is 32.2 Å². The van der Waals surface area contributed by atoms with Crippen LogP contribution in [-0.4, -0.2) is 19.3 Å². The minimum Gasteiger partial charge on any atom is -0.486 e. The fourth-order valence-corrected chi connectivity index (χ4v) is 1.91. The maximum Gasteiger partial charge on any atom is 0.164 e. The highest BCUT2D eigenvalue weighted by molar-refractivity contribution is 5.44. The molecule has 0 aliphatic carbocycles. The minimum atomic E-state index is -0.223. The zero-order valence-corrected chi connectivity index (χ0v) is 10.0. The van der Waals surface area contributed by atoms with E-state index in [-0.39, 0.29) is 11.9 Å². The zero-order chi connectivity index (χ0) is 12.3. The highest BCUT2D eigenvalue weighted by Crippen LogP contribution is 2.33. The molecule has 94 valence electrons. The molecular formula is C13H18FNO2. The normalized spacial score (nSPS) is 15.7. The van der Waals surface area contributed by atoms with Crippen molar-refractivity contribution in [1.29, 1.82) is 0 Å². The van der Waals surface area contributed by atoms with Crippen molar-refractivity contribution in [3.05, 3.63) is 23.5 Å². The molecule has 0 aromatic heterocycles. The molecule has 0 radical (unpaired) electrons. The van der Waals surface area contributed by atoms with Crippen molar-refractivity contribution < 1.29 is 13.9 Å². The van der Waals surface area contributed by atoms with E-state index < -0.39 is 0 Å². The molecule has 1 aliphatic heterocycles. The van der Waals surface area contributed by atoms with Crippen LogP contribution in [0, 0.1) is 5.82 Å². The van der Waals surface area contributed by atoms with Crippen molar-refractivity contribution in [2.75, 3.05) is 13.2 Å². The van der Waals surface area contributed by atoms with Gasteiger partial charge in [0.2, 0.25) is 0 Å². The third-order valence-electron chi connectivity index (χ3n) is 2.82. The molecule has 0 spiro atoms. The van der Waals surface area contributed by atoms with Crippen molar-refractivity contribution in [3.8, 4) is 11.5 Å². The van der Waals surface area contributed by atoms with Gasteiger partial charge in [0.05, 0.1) is 0 Å². The molecule has 1 atom stereocenters. The second-order valence-corrected chi connectivity index (χ2v) is 4.46. The molecule has 0 bridgehead atoms. The Labute approximate surface area is 101 Å². The van der Waals surface area contributed by atoms with Crippen LogP contribution in [0.4, 0.5) is 4.39 Å². The van der Waals surface area contributed by atoms with Crippen molar-refractivity contribution in [2.24, 2.45) is 5.73 Å². The average molecular weight is 239 g/mol. The van der Waals surface area contributed by atoms with E-state index in [0.29, 0.717) is 36.7 Å². The number of rotatable bonds is 4. The van der Waals surface area contributed by atoms with Crippen LogP contribution in [0.15, 0.2) is 12.1 Å². The second-order valence-electron chi connectivity index (χ2n) is 4.46. The number of fused-ring (bicyclic) bond motifs is 1. The summed E-state index contributed by atoms with van der Waals surface area (Å²) < 4.78 is 24.5. The van der Waals surface area contributed by atoms with E-state index in [4.69, 9.17) is 15.2 Å². The number of nitrogens with two attached hydrogens (primary N) is 1. The fraction of sp³-hybridized carbons (Fsp3) is 0.538. The van der Waals surface area contributed by atoms with Gasteiger partial charge in [0.25, 0.3) is 0 Å². The van der Waals surface area contributed by atoms with Crippen LogP contribution in [0.1, 0.15) is 25.3 Å². The first-order valence-corrected chi connectivity index (χ1v) is 6.00. The number of benzene rings is 1. The largest absolute Gasteiger partial charge is 0.486 e. The van der Waals surface area contributed by atoms with Gasteiger partial charge in [0, 0.05) is 12.1 Å². The Morgan fingerprint density at radius 1 is 1.29 bits per heavy atom. The maximum atomic E-state index is 13.7. The molecule has 1 aromatic carbocycles. The lowest BCUT2D eigenvalue weighted by Crippen LogP contribution is -2.16. The summed E-state index contributed by atoms with van der Waals surface area (Å²) in [7, 11) is 0. The van der Waals surface area contributed by atoms with Crippen LogP contribution in [-0.2, 0) is 6.42 Å². The number of halogens is 1. The second kappa shape index (κ2) is 5.36. The molecule has 0 amide bonds.